The molecule has 1 aromatic carbocycles. The molecule has 0 aliphatic heterocycles. The highest BCUT2D eigenvalue weighted by Crippen LogP contribution is 2.26. The average Bonchev–Trinajstić information content (AvgIpc) is 2.68. The van der Waals surface area contributed by atoms with E-state index in [9.17, 15) is 12.8 Å². The summed E-state index contributed by atoms with van der Waals surface area (Å²) >= 11 is 1.25. The smallest absolute Gasteiger partial charge is 0.178 e. The number of benzene rings is 1. The summed E-state index contributed by atoms with van der Waals surface area (Å²) in [6.07, 6.45) is 2.53. The fraction of sp³-hybridized carbons (Fsp3) is 0.100. The lowest BCUT2D eigenvalue weighted by Crippen LogP contribution is -2.00. The highest BCUT2D eigenvalue weighted by molar-refractivity contribution is 7.90. The van der Waals surface area contributed by atoms with Gasteiger partial charge in [0.15, 0.2) is 15.3 Å². The number of sulfone groups is 1. The molecule has 0 saturated carbocycles. The summed E-state index contributed by atoms with van der Waals surface area (Å²) in [5.41, 5.74) is 3.24. The third-order valence-corrected chi connectivity index (χ3v) is 3.89. The maximum atomic E-state index is 13.5. The zero-order chi connectivity index (χ0) is 11.8. The lowest BCUT2D eigenvalue weighted by atomic mass is 10.2. The quantitative estimate of drug-likeness (QED) is 0.827. The Kier molecular flexibility index (Phi) is 2.77. The van der Waals surface area contributed by atoms with Crippen molar-refractivity contribution in [1.29, 1.82) is 0 Å². The van der Waals surface area contributed by atoms with Gasteiger partial charge < -0.3 is 0 Å². The van der Waals surface area contributed by atoms with E-state index in [-0.39, 0.29) is 4.90 Å². The van der Waals surface area contributed by atoms with Crippen molar-refractivity contribution < 1.29 is 12.8 Å². The van der Waals surface area contributed by atoms with Gasteiger partial charge in [-0.05, 0) is 17.7 Å². The van der Waals surface area contributed by atoms with Crippen LogP contribution in [0.15, 0.2) is 29.3 Å². The second-order valence-electron chi connectivity index (χ2n) is 3.23. The van der Waals surface area contributed by atoms with Crippen LogP contribution in [0, 0.1) is 11.3 Å². The number of nitrogens with zero attached hydrogens (tertiary/aromatic N) is 1. The number of halogens is 1. The van der Waals surface area contributed by atoms with Gasteiger partial charge in [-0.25, -0.2) is 17.8 Å². The van der Waals surface area contributed by atoms with Crippen molar-refractivity contribution in [2.45, 2.75) is 4.90 Å². The normalized spacial score (nSPS) is 11.6. The van der Waals surface area contributed by atoms with Gasteiger partial charge in [0.05, 0.1) is 4.88 Å². The van der Waals surface area contributed by atoms with Gasteiger partial charge >= 0.3 is 0 Å². The van der Waals surface area contributed by atoms with Gasteiger partial charge in [0.1, 0.15) is 10.7 Å². The summed E-state index contributed by atoms with van der Waals surface area (Å²) in [7, 11) is -3.51. The zero-order valence-corrected chi connectivity index (χ0v) is 9.90. The molecule has 0 bridgehead atoms. The van der Waals surface area contributed by atoms with Crippen molar-refractivity contribution in [3.63, 3.8) is 0 Å². The maximum absolute atomic E-state index is 13.5. The lowest BCUT2D eigenvalue weighted by molar-refractivity contribution is 0.571. The molecule has 2 rings (SSSR count). The topological polar surface area (TPSA) is 47.0 Å². The molecule has 83 valence electrons. The number of thiazole rings is 1. The Morgan fingerprint density at radius 2 is 2.19 bits per heavy atom. The Labute approximate surface area is 96.5 Å². The molecule has 0 aliphatic carbocycles. The van der Waals surface area contributed by atoms with E-state index in [4.69, 9.17) is 0 Å². The van der Waals surface area contributed by atoms with E-state index < -0.39 is 15.7 Å². The number of rotatable bonds is 2. The highest BCUT2D eigenvalue weighted by Gasteiger charge is 2.14. The van der Waals surface area contributed by atoms with Crippen LogP contribution < -0.4 is 0 Å². The van der Waals surface area contributed by atoms with Crippen LogP contribution >= 0.6 is 11.3 Å². The fourth-order valence-corrected chi connectivity index (χ4v) is 2.56. The Hall–Kier alpha value is -1.27. The van der Waals surface area contributed by atoms with Crippen molar-refractivity contribution in [1.82, 2.24) is 4.98 Å². The van der Waals surface area contributed by atoms with Gasteiger partial charge in [-0.2, -0.15) is 0 Å². The Balaban J connectivity index is 2.53. The first-order valence-corrected chi connectivity index (χ1v) is 7.01. The van der Waals surface area contributed by atoms with Crippen LogP contribution in [0.2, 0.25) is 0 Å². The van der Waals surface area contributed by atoms with Crippen molar-refractivity contribution >= 4 is 21.2 Å². The first kappa shape index (κ1) is 11.2. The molecule has 6 heteroatoms. The van der Waals surface area contributed by atoms with Crippen LogP contribution in [0.5, 0.6) is 0 Å². The van der Waals surface area contributed by atoms with E-state index in [0.717, 1.165) is 11.1 Å². The summed E-state index contributed by atoms with van der Waals surface area (Å²) in [5, 5.41) is 0. The molecule has 0 fully saturated rings. The zero-order valence-electron chi connectivity index (χ0n) is 8.27. The molecule has 2 aromatic rings. The van der Waals surface area contributed by atoms with Crippen LogP contribution in [0.4, 0.5) is 4.39 Å². The van der Waals surface area contributed by atoms with E-state index in [1.54, 1.807) is 12.3 Å². The van der Waals surface area contributed by atoms with Crippen LogP contribution in [-0.2, 0) is 9.84 Å². The number of hydrogen-bond acceptors (Lipinski definition) is 4. The number of aromatic nitrogens is 1. The van der Waals surface area contributed by atoms with Crippen molar-refractivity contribution in [3.8, 4) is 10.4 Å². The second kappa shape index (κ2) is 3.95. The fourth-order valence-electron chi connectivity index (χ4n) is 1.28. The summed E-state index contributed by atoms with van der Waals surface area (Å²) in [6, 6.07) is 4.01. The van der Waals surface area contributed by atoms with Gasteiger partial charge in [-0.1, -0.05) is 6.07 Å². The Morgan fingerprint density at radius 3 is 2.69 bits per heavy atom. The third kappa shape index (κ3) is 2.12. The Morgan fingerprint density at radius 1 is 1.44 bits per heavy atom. The molecule has 0 N–H and O–H groups in total. The molecule has 0 aliphatic rings. The molecule has 1 radical (unpaired) electrons. The average molecular weight is 256 g/mol. The van der Waals surface area contributed by atoms with E-state index >= 15 is 0 Å². The van der Waals surface area contributed by atoms with Crippen molar-refractivity contribution in [2.24, 2.45) is 0 Å². The van der Waals surface area contributed by atoms with Gasteiger partial charge in [0.25, 0.3) is 0 Å². The predicted molar refractivity (Wildman–Crippen MR) is 59.5 cm³/mol. The standard InChI is InChI=1S/C10H7FNO2S2/c1-16(13,14)10-3-2-7(4-8(10)11)9-5-12-6-15-9/h2-5H,1H3. The first-order valence-electron chi connectivity index (χ1n) is 4.30. The Bertz CT molecular complexity index is 606. The minimum absolute atomic E-state index is 0.287. The lowest BCUT2D eigenvalue weighted by Gasteiger charge is -2.02. The SMILES string of the molecule is CS(=O)(=O)c1ccc(-c2cn[c]s2)cc1F. The monoisotopic (exact) mass is 256 g/mol. The largest absolute Gasteiger partial charge is 0.241 e. The van der Waals surface area contributed by atoms with Crippen LogP contribution in [0.3, 0.4) is 0 Å². The van der Waals surface area contributed by atoms with Crippen LogP contribution in [0.1, 0.15) is 0 Å². The molecular weight excluding hydrogens is 249 g/mol. The minimum atomic E-state index is -3.51. The summed E-state index contributed by atoms with van der Waals surface area (Å²) in [6.45, 7) is 0. The van der Waals surface area contributed by atoms with Crippen molar-refractivity contribution in [2.75, 3.05) is 6.26 Å². The van der Waals surface area contributed by atoms with Crippen LogP contribution in [0.25, 0.3) is 10.4 Å². The van der Waals surface area contributed by atoms with Gasteiger partial charge in [-0.3, -0.25) is 0 Å². The van der Waals surface area contributed by atoms with Crippen LogP contribution in [-0.4, -0.2) is 19.7 Å². The molecule has 3 nitrogen and oxygen atoms in total. The van der Waals surface area contributed by atoms with E-state index in [2.05, 4.69) is 10.5 Å². The molecule has 1 heterocycles. The van der Waals surface area contributed by atoms with Gasteiger partial charge in [0.2, 0.25) is 0 Å². The summed E-state index contributed by atoms with van der Waals surface area (Å²) < 4.78 is 35.9. The molecule has 0 atom stereocenters. The van der Waals surface area contributed by atoms with Gasteiger partial charge in [-0.15, -0.1) is 11.3 Å². The number of hydrogen-bond donors (Lipinski definition) is 0. The molecule has 0 amide bonds. The molecular formula is C10H7FNO2S2. The first-order chi connectivity index (χ1) is 7.48. The summed E-state index contributed by atoms with van der Waals surface area (Å²) in [5.74, 6) is -0.742. The molecule has 0 unspecified atom stereocenters. The van der Waals surface area contributed by atoms with Crippen molar-refractivity contribution in [3.05, 3.63) is 35.7 Å². The van der Waals surface area contributed by atoms with E-state index in [1.165, 1.54) is 23.5 Å². The second-order valence-corrected chi connectivity index (χ2v) is 6.04. The highest BCUT2D eigenvalue weighted by atomic mass is 32.2. The van der Waals surface area contributed by atoms with Gasteiger partial charge in [0, 0.05) is 12.5 Å². The van der Waals surface area contributed by atoms with E-state index in [1.807, 2.05) is 0 Å². The molecule has 1 aromatic heterocycles. The maximum Gasteiger partial charge on any atom is 0.178 e. The van der Waals surface area contributed by atoms with E-state index in [0.29, 0.717) is 5.56 Å². The third-order valence-electron chi connectivity index (χ3n) is 2.01. The molecule has 0 spiro atoms. The minimum Gasteiger partial charge on any atom is -0.241 e. The summed E-state index contributed by atoms with van der Waals surface area (Å²) in [4.78, 5) is 4.21. The predicted octanol–water partition coefficient (Wildman–Crippen LogP) is 2.15. The molecule has 16 heavy (non-hydrogen) atoms. The molecule has 0 saturated heterocycles.